The quantitative estimate of drug-likeness (QED) is 0.210. The third-order valence-electron chi connectivity index (χ3n) is 7.06. The molecule has 1 fully saturated rings. The van der Waals surface area contributed by atoms with E-state index in [2.05, 4.69) is 13.8 Å². The zero-order valence-corrected chi connectivity index (χ0v) is 27.3. The molecule has 4 rings (SSSR count). The lowest BCUT2D eigenvalue weighted by molar-refractivity contribution is -0.152. The minimum absolute atomic E-state index is 0.0143. The third kappa shape index (κ3) is 12.7. The lowest BCUT2D eigenvalue weighted by Gasteiger charge is -2.18. The molecule has 1 aliphatic heterocycles. The summed E-state index contributed by atoms with van der Waals surface area (Å²) in [5.41, 5.74) is 0.834. The molecule has 0 saturated carbocycles. The summed E-state index contributed by atoms with van der Waals surface area (Å²) in [5.74, 6) is -0.199. The molecule has 2 atom stereocenters. The second kappa shape index (κ2) is 20.1. The fourth-order valence-corrected chi connectivity index (χ4v) is 4.07. The molecule has 1 saturated heterocycles. The van der Waals surface area contributed by atoms with Crippen LogP contribution in [0.15, 0.2) is 72.8 Å². The third-order valence-corrected chi connectivity index (χ3v) is 7.06. The maximum absolute atomic E-state index is 12.8. The molecule has 0 N–H and O–H groups in total. The SMILES string of the molecule is CC[C@H](C)COc1ccc(C(=O)Oc2ccc(C(=O)Oc3ccc(C(=O)OC4COCCOCCOCCOCCO4)cc3)cc2)cc1. The molecule has 48 heavy (non-hydrogen) atoms. The van der Waals surface area contributed by atoms with Gasteiger partial charge < -0.3 is 42.6 Å². The molecule has 0 bridgehead atoms. The van der Waals surface area contributed by atoms with E-state index in [0.717, 1.165) is 6.42 Å². The van der Waals surface area contributed by atoms with Crippen LogP contribution in [0, 0.1) is 5.92 Å². The van der Waals surface area contributed by atoms with Crippen molar-refractivity contribution in [2.24, 2.45) is 5.92 Å². The number of ether oxygens (including phenoxy) is 9. The lowest BCUT2D eigenvalue weighted by Crippen LogP contribution is -2.29. The highest BCUT2D eigenvalue weighted by molar-refractivity contribution is 5.93. The molecule has 1 unspecified atom stereocenters. The molecule has 0 spiro atoms. The molecule has 0 aliphatic carbocycles. The standard InChI is InChI=1S/C36H42O12/c1-3-26(2)24-45-30-10-4-27(5-11-30)34(37)46-31-12-6-28(7-13-31)35(38)47-32-14-8-29(9-15-32)36(39)48-33-25-43-21-20-41-17-16-40-18-19-42-22-23-44-33/h4-15,26,33H,3,16-25H2,1-2H3/t26-,33?/m0/s1. The lowest BCUT2D eigenvalue weighted by atomic mass is 10.1. The summed E-state index contributed by atoms with van der Waals surface area (Å²) in [6.07, 6.45) is 0.0631. The number of carbonyl (C=O) groups is 3. The highest BCUT2D eigenvalue weighted by Gasteiger charge is 2.18. The van der Waals surface area contributed by atoms with Gasteiger partial charge in [-0.1, -0.05) is 20.3 Å². The molecule has 258 valence electrons. The summed E-state index contributed by atoms with van der Waals surface area (Å²) in [6.45, 7) is 7.74. The predicted octanol–water partition coefficient (Wildman–Crippen LogP) is 5.13. The van der Waals surface area contributed by atoms with E-state index in [0.29, 0.717) is 70.1 Å². The van der Waals surface area contributed by atoms with Gasteiger partial charge in [-0.05, 0) is 78.7 Å². The van der Waals surface area contributed by atoms with Crippen LogP contribution in [-0.2, 0) is 28.4 Å². The van der Waals surface area contributed by atoms with E-state index in [1.165, 1.54) is 48.5 Å². The number of esters is 3. The first-order valence-electron chi connectivity index (χ1n) is 15.9. The van der Waals surface area contributed by atoms with Gasteiger partial charge in [-0.3, -0.25) is 0 Å². The van der Waals surface area contributed by atoms with Crippen molar-refractivity contribution in [3.63, 3.8) is 0 Å². The maximum atomic E-state index is 12.8. The molecule has 3 aromatic carbocycles. The maximum Gasteiger partial charge on any atom is 0.343 e. The molecular weight excluding hydrogens is 624 g/mol. The van der Waals surface area contributed by atoms with Crippen molar-refractivity contribution in [1.29, 1.82) is 0 Å². The normalized spacial score (nSPS) is 17.2. The Morgan fingerprint density at radius 1 is 0.604 bits per heavy atom. The first kappa shape index (κ1) is 36.5. The molecule has 0 aromatic heterocycles. The average molecular weight is 667 g/mol. The molecular formula is C36H42O12. The smallest absolute Gasteiger partial charge is 0.343 e. The number of rotatable bonds is 10. The Kier molecular flexibility index (Phi) is 15.3. The fourth-order valence-electron chi connectivity index (χ4n) is 4.07. The van der Waals surface area contributed by atoms with Crippen LogP contribution < -0.4 is 14.2 Å². The van der Waals surface area contributed by atoms with Crippen LogP contribution in [0.4, 0.5) is 0 Å². The van der Waals surface area contributed by atoms with E-state index in [-0.39, 0.29) is 35.8 Å². The second-order valence-electron chi connectivity index (χ2n) is 10.8. The molecule has 3 aromatic rings. The average Bonchev–Trinajstić information content (AvgIpc) is 3.12. The summed E-state index contributed by atoms with van der Waals surface area (Å²) in [4.78, 5) is 38.1. The highest BCUT2D eigenvalue weighted by Crippen LogP contribution is 2.20. The van der Waals surface area contributed by atoms with Crippen molar-refractivity contribution >= 4 is 17.9 Å². The van der Waals surface area contributed by atoms with Crippen LogP contribution in [0.1, 0.15) is 51.3 Å². The van der Waals surface area contributed by atoms with Crippen LogP contribution in [0.5, 0.6) is 17.2 Å². The van der Waals surface area contributed by atoms with Gasteiger partial charge in [0.2, 0.25) is 6.29 Å². The Labute approximate surface area is 280 Å². The van der Waals surface area contributed by atoms with Gasteiger partial charge >= 0.3 is 17.9 Å². The summed E-state index contributed by atoms with van der Waals surface area (Å²) in [6, 6.07) is 18.6. The largest absolute Gasteiger partial charge is 0.493 e. The van der Waals surface area contributed by atoms with Crippen molar-refractivity contribution in [2.75, 3.05) is 66.1 Å². The molecule has 12 nitrogen and oxygen atoms in total. The zero-order valence-electron chi connectivity index (χ0n) is 27.3. The summed E-state index contributed by atoms with van der Waals surface area (Å²) in [7, 11) is 0. The number of carbonyl (C=O) groups excluding carboxylic acids is 3. The Morgan fingerprint density at radius 2 is 1.02 bits per heavy atom. The first-order chi connectivity index (χ1) is 23.4. The Hall–Kier alpha value is -4.33. The summed E-state index contributed by atoms with van der Waals surface area (Å²) < 4.78 is 49.5. The van der Waals surface area contributed by atoms with E-state index in [9.17, 15) is 14.4 Å². The number of hydrogen-bond acceptors (Lipinski definition) is 12. The van der Waals surface area contributed by atoms with Crippen LogP contribution in [0.3, 0.4) is 0 Å². The van der Waals surface area contributed by atoms with Crippen LogP contribution in [-0.4, -0.2) is 90.3 Å². The van der Waals surface area contributed by atoms with Gasteiger partial charge in [0.05, 0.1) is 76.2 Å². The van der Waals surface area contributed by atoms with Crippen molar-refractivity contribution < 1.29 is 57.0 Å². The van der Waals surface area contributed by atoms with E-state index >= 15 is 0 Å². The van der Waals surface area contributed by atoms with E-state index in [1.807, 2.05) is 0 Å². The van der Waals surface area contributed by atoms with Crippen molar-refractivity contribution in [2.45, 2.75) is 26.6 Å². The van der Waals surface area contributed by atoms with Gasteiger partial charge in [-0.25, -0.2) is 14.4 Å². The van der Waals surface area contributed by atoms with Crippen LogP contribution in [0.2, 0.25) is 0 Å². The molecule has 12 heteroatoms. The van der Waals surface area contributed by atoms with Crippen molar-refractivity contribution in [3.8, 4) is 17.2 Å². The topological polar surface area (TPSA) is 134 Å². The van der Waals surface area contributed by atoms with E-state index < -0.39 is 24.2 Å². The monoisotopic (exact) mass is 666 g/mol. The fraction of sp³-hybridized carbons (Fsp3) is 0.417. The number of hydrogen-bond donors (Lipinski definition) is 0. The molecule has 1 aliphatic rings. The van der Waals surface area contributed by atoms with Crippen LogP contribution >= 0.6 is 0 Å². The summed E-state index contributed by atoms with van der Waals surface area (Å²) in [5, 5.41) is 0. The van der Waals surface area contributed by atoms with Gasteiger partial charge in [0, 0.05) is 0 Å². The van der Waals surface area contributed by atoms with Gasteiger partial charge in [0.25, 0.3) is 0 Å². The predicted molar refractivity (Wildman–Crippen MR) is 173 cm³/mol. The van der Waals surface area contributed by atoms with Crippen molar-refractivity contribution in [1.82, 2.24) is 0 Å². The van der Waals surface area contributed by atoms with Gasteiger partial charge in [0.15, 0.2) is 0 Å². The Bertz CT molecular complexity index is 1390. The van der Waals surface area contributed by atoms with Gasteiger partial charge in [-0.2, -0.15) is 0 Å². The molecule has 0 radical (unpaired) electrons. The van der Waals surface area contributed by atoms with E-state index in [4.69, 9.17) is 42.6 Å². The second-order valence-corrected chi connectivity index (χ2v) is 10.8. The number of benzene rings is 3. The van der Waals surface area contributed by atoms with Crippen LogP contribution in [0.25, 0.3) is 0 Å². The van der Waals surface area contributed by atoms with Gasteiger partial charge in [0.1, 0.15) is 23.9 Å². The summed E-state index contributed by atoms with van der Waals surface area (Å²) >= 11 is 0. The minimum Gasteiger partial charge on any atom is -0.493 e. The Balaban J connectivity index is 1.24. The molecule has 1 heterocycles. The molecule has 0 amide bonds. The van der Waals surface area contributed by atoms with E-state index in [1.54, 1.807) is 24.3 Å². The zero-order chi connectivity index (χ0) is 34.0. The van der Waals surface area contributed by atoms with Gasteiger partial charge in [-0.15, -0.1) is 0 Å². The minimum atomic E-state index is -0.957. The first-order valence-corrected chi connectivity index (χ1v) is 15.9. The highest BCUT2D eigenvalue weighted by atomic mass is 16.7. The van der Waals surface area contributed by atoms with Crippen molar-refractivity contribution in [3.05, 3.63) is 89.5 Å². The Morgan fingerprint density at radius 3 is 1.50 bits per heavy atom.